The summed E-state index contributed by atoms with van der Waals surface area (Å²) in [6.07, 6.45) is 8.41. The molecule has 2 N–H and O–H groups in total. The highest BCUT2D eigenvalue weighted by atomic mass is 15.2. The summed E-state index contributed by atoms with van der Waals surface area (Å²) < 4.78 is 0. The smallest absolute Gasteiger partial charge is 0.0599 e. The minimum atomic E-state index is 0.267. The topological polar surface area (TPSA) is 55.0 Å². The molecule has 3 rings (SSSR count). The van der Waals surface area contributed by atoms with Crippen molar-refractivity contribution in [1.82, 2.24) is 14.9 Å². The van der Waals surface area contributed by atoms with Crippen molar-refractivity contribution in [3.8, 4) is 0 Å². The van der Waals surface area contributed by atoms with Crippen LogP contribution in [0.1, 0.15) is 36.7 Å². The number of pyridine rings is 2. The third-order valence-electron chi connectivity index (χ3n) is 4.11. The molecule has 4 heteroatoms. The van der Waals surface area contributed by atoms with Gasteiger partial charge in [0.15, 0.2) is 0 Å². The van der Waals surface area contributed by atoms with E-state index in [1.54, 1.807) is 6.20 Å². The number of aromatic nitrogens is 2. The lowest BCUT2D eigenvalue weighted by molar-refractivity contribution is 0.158. The van der Waals surface area contributed by atoms with Gasteiger partial charge < -0.3 is 5.73 Å². The summed E-state index contributed by atoms with van der Waals surface area (Å²) in [5, 5.41) is 0. The van der Waals surface area contributed by atoms with Crippen LogP contribution in [0.4, 0.5) is 5.69 Å². The number of nitrogens with zero attached hydrogens (tertiary/aromatic N) is 3. The van der Waals surface area contributed by atoms with E-state index in [9.17, 15) is 0 Å². The van der Waals surface area contributed by atoms with Crippen LogP contribution >= 0.6 is 0 Å². The van der Waals surface area contributed by atoms with Gasteiger partial charge in [-0.3, -0.25) is 14.9 Å². The van der Waals surface area contributed by atoms with Crippen molar-refractivity contribution in [3.63, 3.8) is 0 Å². The van der Waals surface area contributed by atoms with E-state index in [1.165, 1.54) is 19.3 Å². The predicted octanol–water partition coefficient (Wildman–Crippen LogP) is 2.83. The molecule has 0 aromatic carbocycles. The number of nitrogens with two attached hydrogens (primary N) is 1. The molecular weight excluding hydrogens is 260 g/mol. The van der Waals surface area contributed by atoms with Gasteiger partial charge in [-0.15, -0.1) is 0 Å². The van der Waals surface area contributed by atoms with Gasteiger partial charge in [-0.05, 0) is 50.2 Å². The Morgan fingerprint density at radius 1 is 1.05 bits per heavy atom. The molecule has 0 spiro atoms. The van der Waals surface area contributed by atoms with Gasteiger partial charge in [0.2, 0.25) is 0 Å². The highest BCUT2D eigenvalue weighted by Gasteiger charge is 2.24. The molecule has 2 aromatic heterocycles. The van der Waals surface area contributed by atoms with Crippen molar-refractivity contribution in [3.05, 3.63) is 54.1 Å². The molecule has 0 aliphatic carbocycles. The average molecular weight is 282 g/mol. The van der Waals surface area contributed by atoms with Gasteiger partial charge >= 0.3 is 0 Å². The van der Waals surface area contributed by atoms with Gasteiger partial charge in [0, 0.05) is 30.2 Å². The van der Waals surface area contributed by atoms with E-state index < -0.39 is 0 Å². The Morgan fingerprint density at radius 2 is 1.90 bits per heavy atom. The average Bonchev–Trinajstić information content (AvgIpc) is 2.54. The lowest BCUT2D eigenvalue weighted by Crippen LogP contribution is -2.35. The van der Waals surface area contributed by atoms with E-state index in [2.05, 4.69) is 20.9 Å². The maximum Gasteiger partial charge on any atom is 0.0599 e. The Morgan fingerprint density at radius 3 is 2.62 bits per heavy atom. The first-order valence-corrected chi connectivity index (χ1v) is 7.68. The van der Waals surface area contributed by atoms with Gasteiger partial charge in [0.1, 0.15) is 0 Å². The molecule has 0 saturated carbocycles. The number of hydrogen-bond donors (Lipinski definition) is 1. The first-order valence-electron chi connectivity index (χ1n) is 7.68. The van der Waals surface area contributed by atoms with E-state index in [0.717, 1.165) is 36.6 Å². The molecule has 1 saturated heterocycles. The second kappa shape index (κ2) is 6.68. The molecule has 1 aliphatic heterocycles. The van der Waals surface area contributed by atoms with E-state index in [0.29, 0.717) is 0 Å². The first kappa shape index (κ1) is 14.0. The molecule has 1 unspecified atom stereocenters. The lowest BCUT2D eigenvalue weighted by Gasteiger charge is -2.34. The zero-order valence-corrected chi connectivity index (χ0v) is 12.3. The van der Waals surface area contributed by atoms with Crippen molar-refractivity contribution in [1.29, 1.82) is 0 Å². The molecule has 3 heterocycles. The third kappa shape index (κ3) is 3.58. The fraction of sp³-hybridized carbons (Fsp3) is 0.412. The summed E-state index contributed by atoms with van der Waals surface area (Å²) in [4.78, 5) is 11.6. The SMILES string of the molecule is Nc1ccnc(C(Cc2ccccn2)N2CCCCC2)c1. The van der Waals surface area contributed by atoms with E-state index in [4.69, 9.17) is 5.73 Å². The van der Waals surface area contributed by atoms with Gasteiger partial charge in [0.25, 0.3) is 0 Å². The highest BCUT2D eigenvalue weighted by molar-refractivity contribution is 5.38. The predicted molar refractivity (Wildman–Crippen MR) is 84.8 cm³/mol. The molecular formula is C17H22N4. The molecule has 0 amide bonds. The monoisotopic (exact) mass is 282 g/mol. The van der Waals surface area contributed by atoms with Crippen LogP contribution in [0.3, 0.4) is 0 Å². The van der Waals surface area contributed by atoms with Crippen molar-refractivity contribution in [2.75, 3.05) is 18.8 Å². The number of piperidine rings is 1. The van der Waals surface area contributed by atoms with Gasteiger partial charge in [-0.2, -0.15) is 0 Å². The molecule has 110 valence electrons. The zero-order valence-electron chi connectivity index (χ0n) is 12.3. The largest absolute Gasteiger partial charge is 0.399 e. The van der Waals surface area contributed by atoms with E-state index in [1.807, 2.05) is 30.5 Å². The maximum atomic E-state index is 5.95. The van der Waals surface area contributed by atoms with Crippen LogP contribution in [0.15, 0.2) is 42.7 Å². The molecule has 1 fully saturated rings. The highest BCUT2D eigenvalue weighted by Crippen LogP contribution is 2.27. The minimum absolute atomic E-state index is 0.267. The van der Waals surface area contributed by atoms with Crippen LogP contribution < -0.4 is 5.73 Å². The standard InChI is InChI=1S/C17H22N4/c18-14-7-9-20-16(12-14)17(21-10-4-1-5-11-21)13-15-6-2-3-8-19-15/h2-3,6-9,12,17H,1,4-5,10-11,13H2,(H2,18,20). The van der Waals surface area contributed by atoms with Crippen molar-refractivity contribution < 1.29 is 0 Å². The number of likely N-dealkylation sites (tertiary alicyclic amines) is 1. The molecule has 0 bridgehead atoms. The van der Waals surface area contributed by atoms with Crippen LogP contribution in [0.5, 0.6) is 0 Å². The normalized spacial score (nSPS) is 17.5. The maximum absolute atomic E-state index is 5.95. The number of hydrogen-bond acceptors (Lipinski definition) is 4. The van der Waals surface area contributed by atoms with Crippen LogP contribution in [0.2, 0.25) is 0 Å². The number of nitrogen functional groups attached to an aromatic ring is 1. The second-order valence-corrected chi connectivity index (χ2v) is 5.65. The zero-order chi connectivity index (χ0) is 14.5. The molecule has 21 heavy (non-hydrogen) atoms. The molecule has 2 aromatic rings. The Hall–Kier alpha value is -1.94. The third-order valence-corrected chi connectivity index (χ3v) is 4.11. The van der Waals surface area contributed by atoms with Crippen LogP contribution in [0.25, 0.3) is 0 Å². The van der Waals surface area contributed by atoms with Gasteiger partial charge in [0.05, 0.1) is 11.7 Å². The summed E-state index contributed by atoms with van der Waals surface area (Å²) in [6.45, 7) is 2.27. The van der Waals surface area contributed by atoms with Crippen molar-refractivity contribution >= 4 is 5.69 Å². The summed E-state index contributed by atoms with van der Waals surface area (Å²) in [5.74, 6) is 0. The summed E-state index contributed by atoms with van der Waals surface area (Å²) in [5.41, 5.74) is 8.89. The van der Waals surface area contributed by atoms with Crippen LogP contribution in [-0.2, 0) is 6.42 Å². The molecule has 4 nitrogen and oxygen atoms in total. The summed E-state index contributed by atoms with van der Waals surface area (Å²) in [6, 6.07) is 10.2. The Bertz CT molecular complexity index is 564. The molecule has 1 atom stereocenters. The van der Waals surface area contributed by atoms with Gasteiger partial charge in [-0.1, -0.05) is 12.5 Å². The number of anilines is 1. The molecule has 1 aliphatic rings. The quantitative estimate of drug-likeness (QED) is 0.937. The molecule has 0 radical (unpaired) electrons. The van der Waals surface area contributed by atoms with E-state index in [-0.39, 0.29) is 6.04 Å². The van der Waals surface area contributed by atoms with E-state index >= 15 is 0 Å². The Labute approximate surface area is 126 Å². The number of rotatable bonds is 4. The Balaban J connectivity index is 1.86. The fourth-order valence-electron chi connectivity index (χ4n) is 3.02. The van der Waals surface area contributed by atoms with Crippen molar-refractivity contribution in [2.45, 2.75) is 31.7 Å². The first-order chi connectivity index (χ1) is 10.3. The van der Waals surface area contributed by atoms with Crippen LogP contribution in [-0.4, -0.2) is 28.0 Å². The van der Waals surface area contributed by atoms with Crippen LogP contribution in [0, 0.1) is 0 Å². The Kier molecular flexibility index (Phi) is 4.46. The van der Waals surface area contributed by atoms with Gasteiger partial charge in [-0.25, -0.2) is 0 Å². The fourth-order valence-corrected chi connectivity index (χ4v) is 3.02. The minimum Gasteiger partial charge on any atom is -0.399 e. The summed E-state index contributed by atoms with van der Waals surface area (Å²) >= 11 is 0. The van der Waals surface area contributed by atoms with Crippen molar-refractivity contribution in [2.24, 2.45) is 0 Å². The second-order valence-electron chi connectivity index (χ2n) is 5.65. The summed E-state index contributed by atoms with van der Waals surface area (Å²) in [7, 11) is 0. The lowest BCUT2D eigenvalue weighted by atomic mass is 10.0.